The van der Waals surface area contributed by atoms with Crippen molar-refractivity contribution in [3.05, 3.63) is 52.7 Å². The molecule has 4 N–H and O–H groups in total. The van der Waals surface area contributed by atoms with Crippen LogP contribution in [0.2, 0.25) is 5.02 Å². The van der Waals surface area contributed by atoms with Gasteiger partial charge in [0.05, 0.1) is 11.9 Å². The molecule has 1 aromatic heterocycles. The monoisotopic (exact) mass is 357 g/mol. The van der Waals surface area contributed by atoms with Gasteiger partial charge in [0.15, 0.2) is 0 Å². The lowest BCUT2D eigenvalue weighted by molar-refractivity contribution is 0.208. The molecule has 1 saturated heterocycles. The van der Waals surface area contributed by atoms with Crippen LogP contribution in [-0.4, -0.2) is 34.7 Å². The Balaban J connectivity index is 1.62. The summed E-state index contributed by atoms with van der Waals surface area (Å²) in [5, 5.41) is 12.1. The molecular weight excluding hydrogens is 334 g/mol. The molecule has 132 valence electrons. The van der Waals surface area contributed by atoms with Gasteiger partial charge in [-0.25, -0.2) is 4.98 Å². The largest absolute Gasteiger partial charge is 0.383 e. The molecule has 0 radical (unpaired) electrons. The number of nitrogens with zero attached hydrogens (tertiary/aromatic N) is 2. The van der Waals surface area contributed by atoms with Gasteiger partial charge >= 0.3 is 0 Å². The van der Waals surface area contributed by atoms with Crippen LogP contribution < -0.4 is 11.1 Å². The van der Waals surface area contributed by atoms with E-state index in [2.05, 4.69) is 27.3 Å². The average molecular weight is 358 g/mol. The second-order valence-electron chi connectivity index (χ2n) is 6.63. The number of halogens is 1. The number of nitrogens with two attached hydrogens (primary N) is 1. The van der Waals surface area contributed by atoms with Gasteiger partial charge in [-0.15, -0.1) is 0 Å². The van der Waals surface area contributed by atoms with Gasteiger partial charge in [-0.05, 0) is 50.1 Å². The Labute approximate surface area is 153 Å². The van der Waals surface area contributed by atoms with Gasteiger partial charge in [-0.1, -0.05) is 23.7 Å². The molecule has 0 amide bonds. The molecular formula is C19H24ClN5. The minimum absolute atomic E-state index is 0.366. The molecule has 0 saturated carbocycles. The summed E-state index contributed by atoms with van der Waals surface area (Å²) < 4.78 is 0. The molecule has 2 aromatic rings. The van der Waals surface area contributed by atoms with E-state index in [1.54, 1.807) is 13.1 Å². The highest BCUT2D eigenvalue weighted by atomic mass is 35.5. The average Bonchev–Trinajstić information content (AvgIpc) is 2.59. The summed E-state index contributed by atoms with van der Waals surface area (Å²) in [6.45, 7) is 4.74. The molecule has 1 aliphatic rings. The van der Waals surface area contributed by atoms with E-state index in [1.807, 2.05) is 18.2 Å². The molecule has 6 heteroatoms. The lowest BCUT2D eigenvalue weighted by Gasteiger charge is -2.33. The summed E-state index contributed by atoms with van der Waals surface area (Å²) in [6.07, 6.45) is 4.03. The van der Waals surface area contributed by atoms with Crippen molar-refractivity contribution in [1.82, 2.24) is 9.88 Å². The number of pyridine rings is 1. The SMILES string of the molecule is CC(=N)c1cc(NC2CCCN(Cc3ccc(Cl)cc3)C2)cnc1N. The van der Waals surface area contributed by atoms with Crippen LogP contribution in [0.1, 0.15) is 30.9 Å². The smallest absolute Gasteiger partial charge is 0.132 e. The van der Waals surface area contributed by atoms with E-state index >= 15 is 0 Å². The highest BCUT2D eigenvalue weighted by Gasteiger charge is 2.20. The molecule has 0 aliphatic carbocycles. The molecule has 1 aliphatic heterocycles. The van der Waals surface area contributed by atoms with E-state index in [0.29, 0.717) is 23.1 Å². The van der Waals surface area contributed by atoms with Crippen LogP contribution in [0.5, 0.6) is 0 Å². The standard InChI is InChI=1S/C19H24ClN5/c1-13(21)18-9-17(10-23-19(18)22)24-16-3-2-8-25(12-16)11-14-4-6-15(20)7-5-14/h4-7,9-10,16,21,24H,2-3,8,11-12H2,1H3,(H2,22,23). The first kappa shape index (κ1) is 17.7. The molecule has 25 heavy (non-hydrogen) atoms. The molecule has 1 fully saturated rings. The Morgan fingerprint density at radius 3 is 2.88 bits per heavy atom. The number of nitrogens with one attached hydrogen (secondary N) is 2. The van der Waals surface area contributed by atoms with E-state index in [0.717, 1.165) is 43.2 Å². The third-order valence-corrected chi connectivity index (χ3v) is 4.77. The zero-order valence-electron chi connectivity index (χ0n) is 14.4. The van der Waals surface area contributed by atoms with Crippen molar-refractivity contribution in [1.29, 1.82) is 5.41 Å². The Bertz CT molecular complexity index is 744. The Hall–Kier alpha value is -2.11. The van der Waals surface area contributed by atoms with Crippen LogP contribution in [0, 0.1) is 5.41 Å². The molecule has 1 unspecified atom stereocenters. The van der Waals surface area contributed by atoms with E-state index in [4.69, 9.17) is 22.7 Å². The summed E-state index contributed by atoms with van der Waals surface area (Å²) in [5.41, 5.74) is 9.17. The summed E-state index contributed by atoms with van der Waals surface area (Å²) in [7, 11) is 0. The maximum Gasteiger partial charge on any atom is 0.132 e. The second kappa shape index (κ2) is 7.85. The third-order valence-electron chi connectivity index (χ3n) is 4.52. The van der Waals surface area contributed by atoms with Crippen molar-refractivity contribution in [2.75, 3.05) is 24.1 Å². The van der Waals surface area contributed by atoms with Gasteiger partial charge in [0, 0.05) is 35.4 Å². The molecule has 3 rings (SSSR count). The molecule has 1 aromatic carbocycles. The van der Waals surface area contributed by atoms with Crippen LogP contribution in [0.4, 0.5) is 11.5 Å². The van der Waals surface area contributed by atoms with Crippen LogP contribution in [0.3, 0.4) is 0 Å². The Kier molecular flexibility index (Phi) is 5.56. The van der Waals surface area contributed by atoms with Gasteiger partial charge in [-0.2, -0.15) is 0 Å². The fourth-order valence-corrected chi connectivity index (χ4v) is 3.38. The molecule has 1 atom stereocenters. The van der Waals surface area contributed by atoms with Crippen LogP contribution >= 0.6 is 11.6 Å². The Morgan fingerprint density at radius 2 is 2.16 bits per heavy atom. The Morgan fingerprint density at radius 1 is 1.40 bits per heavy atom. The number of nitrogen functional groups attached to an aromatic ring is 1. The maximum absolute atomic E-state index is 7.80. The van der Waals surface area contributed by atoms with Crippen molar-refractivity contribution >= 4 is 28.8 Å². The van der Waals surface area contributed by atoms with Crippen molar-refractivity contribution in [3.8, 4) is 0 Å². The highest BCUT2D eigenvalue weighted by molar-refractivity contribution is 6.30. The summed E-state index contributed by atoms with van der Waals surface area (Å²) in [5.74, 6) is 0.408. The van der Waals surface area contributed by atoms with Crippen LogP contribution in [0.15, 0.2) is 36.5 Å². The lowest BCUT2D eigenvalue weighted by atomic mass is 10.0. The maximum atomic E-state index is 7.80. The number of rotatable bonds is 5. The number of likely N-dealkylation sites (tertiary alicyclic amines) is 1. The van der Waals surface area contributed by atoms with Gasteiger partial charge in [0.1, 0.15) is 5.82 Å². The predicted octanol–water partition coefficient (Wildman–Crippen LogP) is 3.78. The van der Waals surface area contributed by atoms with Gasteiger partial charge in [0.2, 0.25) is 0 Å². The van der Waals surface area contributed by atoms with Gasteiger partial charge < -0.3 is 16.5 Å². The normalized spacial score (nSPS) is 18.1. The zero-order valence-corrected chi connectivity index (χ0v) is 15.2. The molecule has 5 nitrogen and oxygen atoms in total. The molecule has 0 bridgehead atoms. The van der Waals surface area contributed by atoms with E-state index < -0.39 is 0 Å². The van der Waals surface area contributed by atoms with Crippen molar-refractivity contribution < 1.29 is 0 Å². The first-order valence-corrected chi connectivity index (χ1v) is 8.93. The number of aromatic nitrogens is 1. The van der Waals surface area contributed by atoms with Crippen molar-refractivity contribution in [3.63, 3.8) is 0 Å². The first-order chi connectivity index (χ1) is 12.0. The second-order valence-corrected chi connectivity index (χ2v) is 7.06. The van der Waals surface area contributed by atoms with Crippen molar-refractivity contribution in [2.45, 2.75) is 32.4 Å². The van der Waals surface area contributed by atoms with E-state index in [9.17, 15) is 0 Å². The van der Waals surface area contributed by atoms with Crippen LogP contribution in [-0.2, 0) is 6.54 Å². The van der Waals surface area contributed by atoms with E-state index in [1.165, 1.54) is 5.56 Å². The summed E-state index contributed by atoms with van der Waals surface area (Å²) >= 11 is 5.96. The predicted molar refractivity (Wildman–Crippen MR) is 105 cm³/mol. The van der Waals surface area contributed by atoms with Gasteiger partial charge in [-0.3, -0.25) is 4.90 Å². The van der Waals surface area contributed by atoms with Gasteiger partial charge in [0.25, 0.3) is 0 Å². The number of hydrogen-bond donors (Lipinski definition) is 3. The molecule has 2 heterocycles. The minimum Gasteiger partial charge on any atom is -0.383 e. The zero-order chi connectivity index (χ0) is 17.8. The first-order valence-electron chi connectivity index (χ1n) is 8.55. The quantitative estimate of drug-likeness (QED) is 0.711. The number of piperidine rings is 1. The number of hydrogen-bond acceptors (Lipinski definition) is 5. The fourth-order valence-electron chi connectivity index (χ4n) is 3.26. The van der Waals surface area contributed by atoms with Crippen molar-refractivity contribution in [2.24, 2.45) is 0 Å². The number of benzene rings is 1. The molecule has 0 spiro atoms. The minimum atomic E-state index is 0.366. The summed E-state index contributed by atoms with van der Waals surface area (Å²) in [6, 6.07) is 10.3. The highest BCUT2D eigenvalue weighted by Crippen LogP contribution is 2.21. The number of anilines is 2. The van der Waals surface area contributed by atoms with Crippen LogP contribution in [0.25, 0.3) is 0 Å². The summed E-state index contributed by atoms with van der Waals surface area (Å²) in [4.78, 5) is 6.67. The van der Waals surface area contributed by atoms with E-state index in [-0.39, 0.29) is 0 Å². The fraction of sp³-hybridized carbons (Fsp3) is 0.368. The topological polar surface area (TPSA) is 78.0 Å². The lowest BCUT2D eigenvalue weighted by Crippen LogP contribution is -2.41. The third kappa shape index (κ3) is 4.71.